The number of nitrogens with one attached hydrogen (secondary N) is 1. The molecule has 0 bridgehead atoms. The highest BCUT2D eigenvalue weighted by Gasteiger charge is 2.25. The number of nitriles is 1. The average Bonchev–Trinajstić information content (AvgIpc) is 2.71. The van der Waals surface area contributed by atoms with Gasteiger partial charge < -0.3 is 13.9 Å². The highest BCUT2D eigenvalue weighted by atomic mass is 16.6. The fourth-order valence-corrected chi connectivity index (χ4v) is 1.46. The number of amides is 1. The van der Waals surface area contributed by atoms with Gasteiger partial charge in [-0.2, -0.15) is 5.26 Å². The van der Waals surface area contributed by atoms with Crippen LogP contribution in [0.4, 0.5) is 10.7 Å². The van der Waals surface area contributed by atoms with Crippen LogP contribution in [-0.4, -0.2) is 25.8 Å². The molecule has 0 aromatic carbocycles. The van der Waals surface area contributed by atoms with Gasteiger partial charge >= 0.3 is 12.1 Å². The van der Waals surface area contributed by atoms with Crippen molar-refractivity contribution in [2.24, 2.45) is 5.92 Å². The molecule has 1 aromatic heterocycles. The number of nitrogens with zero attached hydrogens (tertiary/aromatic N) is 1. The maximum Gasteiger partial charge on any atom is 0.414 e. The molecule has 1 amide bonds. The zero-order valence-corrected chi connectivity index (χ0v) is 11.8. The van der Waals surface area contributed by atoms with Crippen LogP contribution in [-0.2, 0) is 9.47 Å². The molecule has 108 valence electrons. The van der Waals surface area contributed by atoms with Crippen molar-refractivity contribution in [1.29, 1.82) is 5.26 Å². The van der Waals surface area contributed by atoms with Crippen molar-refractivity contribution in [2.75, 3.05) is 19.0 Å². The zero-order valence-electron chi connectivity index (χ0n) is 11.8. The summed E-state index contributed by atoms with van der Waals surface area (Å²) in [6.45, 7) is 5.51. The van der Waals surface area contributed by atoms with Gasteiger partial charge in [0.15, 0.2) is 0 Å². The Balaban J connectivity index is 2.95. The van der Waals surface area contributed by atoms with Crippen LogP contribution in [0.15, 0.2) is 4.42 Å². The van der Waals surface area contributed by atoms with Crippen LogP contribution in [0.1, 0.15) is 35.5 Å². The minimum atomic E-state index is -0.750. The number of carbonyl (C=O) groups is 2. The quantitative estimate of drug-likeness (QED) is 0.850. The van der Waals surface area contributed by atoms with Crippen molar-refractivity contribution < 1.29 is 23.5 Å². The van der Waals surface area contributed by atoms with Crippen LogP contribution in [0, 0.1) is 24.2 Å². The van der Waals surface area contributed by atoms with Crippen LogP contribution in [0.25, 0.3) is 0 Å². The second-order valence-corrected chi connectivity index (χ2v) is 4.46. The summed E-state index contributed by atoms with van der Waals surface area (Å²) in [4.78, 5) is 23.1. The molecular formula is C13H16N2O5. The summed E-state index contributed by atoms with van der Waals surface area (Å²) in [5.41, 5.74) is -0.0926. The standard InChI is InChI=1S/C13H16N2O5/c1-7(2)6-19-13(17)15-11-9(5-14)10(8(3)20-11)12(16)18-4/h7H,6H2,1-4H3,(H,15,17). The molecule has 0 aliphatic heterocycles. The van der Waals surface area contributed by atoms with Gasteiger partial charge in [-0.1, -0.05) is 13.8 Å². The van der Waals surface area contributed by atoms with Gasteiger partial charge in [-0.3, -0.25) is 5.32 Å². The van der Waals surface area contributed by atoms with Crippen LogP contribution in [0.5, 0.6) is 0 Å². The maximum atomic E-state index is 11.6. The van der Waals surface area contributed by atoms with Crippen LogP contribution in [0.3, 0.4) is 0 Å². The molecule has 1 rings (SSSR count). The lowest BCUT2D eigenvalue weighted by molar-refractivity contribution is 0.0598. The summed E-state index contributed by atoms with van der Waals surface area (Å²) >= 11 is 0. The predicted molar refractivity (Wildman–Crippen MR) is 69.3 cm³/mol. The third kappa shape index (κ3) is 3.51. The van der Waals surface area contributed by atoms with Crippen molar-refractivity contribution in [3.05, 3.63) is 16.9 Å². The SMILES string of the molecule is COC(=O)c1c(C)oc(NC(=O)OCC(C)C)c1C#N. The molecule has 0 radical (unpaired) electrons. The Morgan fingerprint density at radius 1 is 1.45 bits per heavy atom. The molecule has 0 aliphatic rings. The van der Waals surface area contributed by atoms with Crippen LogP contribution >= 0.6 is 0 Å². The summed E-state index contributed by atoms with van der Waals surface area (Å²) in [5.74, 6) is -0.460. The van der Waals surface area contributed by atoms with Gasteiger partial charge in [-0.15, -0.1) is 0 Å². The molecule has 0 spiro atoms. The lowest BCUT2D eigenvalue weighted by atomic mass is 10.1. The molecule has 1 N–H and O–H groups in total. The van der Waals surface area contributed by atoms with Crippen molar-refractivity contribution in [1.82, 2.24) is 0 Å². The molecule has 20 heavy (non-hydrogen) atoms. The minimum Gasteiger partial charge on any atom is -0.465 e. The Kier molecular flexibility index (Phi) is 5.15. The van der Waals surface area contributed by atoms with Gasteiger partial charge in [0.25, 0.3) is 0 Å². The van der Waals surface area contributed by atoms with Gasteiger partial charge in [0.1, 0.15) is 23.0 Å². The largest absolute Gasteiger partial charge is 0.465 e. The number of aryl methyl sites for hydroxylation is 1. The third-order valence-corrected chi connectivity index (χ3v) is 2.35. The van der Waals surface area contributed by atoms with Crippen molar-refractivity contribution in [2.45, 2.75) is 20.8 Å². The first-order chi connectivity index (χ1) is 9.40. The second-order valence-electron chi connectivity index (χ2n) is 4.46. The summed E-state index contributed by atoms with van der Waals surface area (Å²) in [7, 11) is 1.19. The lowest BCUT2D eigenvalue weighted by Gasteiger charge is -2.07. The Bertz CT molecular complexity index is 554. The summed E-state index contributed by atoms with van der Waals surface area (Å²) in [6.07, 6.45) is -0.750. The molecule has 0 unspecified atom stereocenters. The van der Waals surface area contributed by atoms with E-state index in [1.807, 2.05) is 13.8 Å². The third-order valence-electron chi connectivity index (χ3n) is 2.35. The fourth-order valence-electron chi connectivity index (χ4n) is 1.46. The molecular weight excluding hydrogens is 264 g/mol. The number of anilines is 1. The van der Waals surface area contributed by atoms with Crippen molar-refractivity contribution in [3.63, 3.8) is 0 Å². The van der Waals surface area contributed by atoms with E-state index in [2.05, 4.69) is 10.1 Å². The summed E-state index contributed by atoms with van der Waals surface area (Å²) in [5, 5.41) is 11.4. The number of methoxy groups -OCH3 is 1. The second kappa shape index (κ2) is 6.61. The average molecular weight is 280 g/mol. The van der Waals surface area contributed by atoms with E-state index in [0.717, 1.165) is 0 Å². The van der Waals surface area contributed by atoms with Gasteiger partial charge in [0, 0.05) is 0 Å². The molecule has 0 atom stereocenters. The van der Waals surface area contributed by atoms with Crippen LogP contribution in [0.2, 0.25) is 0 Å². The topological polar surface area (TPSA) is 102 Å². The first-order valence-corrected chi connectivity index (χ1v) is 5.96. The van der Waals surface area contributed by atoms with E-state index in [4.69, 9.17) is 14.4 Å². The highest BCUT2D eigenvalue weighted by Crippen LogP contribution is 2.27. The maximum absolute atomic E-state index is 11.6. The van der Waals surface area contributed by atoms with E-state index < -0.39 is 12.1 Å². The number of hydrogen-bond acceptors (Lipinski definition) is 6. The Morgan fingerprint density at radius 3 is 2.60 bits per heavy atom. The van der Waals surface area contributed by atoms with Crippen molar-refractivity contribution >= 4 is 17.9 Å². The number of ether oxygens (including phenoxy) is 2. The number of rotatable bonds is 4. The molecule has 1 aromatic rings. The van der Waals surface area contributed by atoms with E-state index >= 15 is 0 Å². The highest BCUT2D eigenvalue weighted by molar-refractivity contribution is 5.96. The summed E-state index contributed by atoms with van der Waals surface area (Å²) < 4.78 is 14.7. The number of carbonyl (C=O) groups excluding carboxylic acids is 2. The van der Waals surface area contributed by atoms with E-state index in [0.29, 0.717) is 0 Å². The molecule has 0 aliphatic carbocycles. The Labute approximate surface area is 116 Å². The van der Waals surface area contributed by atoms with E-state index in [9.17, 15) is 9.59 Å². The van der Waals surface area contributed by atoms with Crippen molar-refractivity contribution in [3.8, 4) is 6.07 Å². The molecule has 0 saturated carbocycles. The first kappa shape index (κ1) is 15.6. The predicted octanol–water partition coefficient (Wildman–Crippen LogP) is 2.45. The number of esters is 1. The van der Waals surface area contributed by atoms with E-state index in [1.54, 1.807) is 6.07 Å². The van der Waals surface area contributed by atoms with Gasteiger partial charge in [-0.05, 0) is 12.8 Å². The number of hydrogen-bond donors (Lipinski definition) is 1. The zero-order chi connectivity index (χ0) is 15.3. The molecule has 0 saturated heterocycles. The Hall–Kier alpha value is -2.49. The smallest absolute Gasteiger partial charge is 0.414 e. The van der Waals surface area contributed by atoms with Gasteiger partial charge in [0.2, 0.25) is 5.88 Å². The van der Waals surface area contributed by atoms with E-state index in [1.165, 1.54) is 14.0 Å². The molecule has 7 heteroatoms. The first-order valence-electron chi connectivity index (χ1n) is 5.96. The fraction of sp³-hybridized carbons (Fsp3) is 0.462. The van der Waals surface area contributed by atoms with Gasteiger partial charge in [0.05, 0.1) is 13.7 Å². The number of furan rings is 1. The van der Waals surface area contributed by atoms with Gasteiger partial charge in [-0.25, -0.2) is 9.59 Å². The Morgan fingerprint density at radius 2 is 2.10 bits per heavy atom. The molecule has 0 fully saturated rings. The monoisotopic (exact) mass is 280 g/mol. The minimum absolute atomic E-state index is 0.00541. The normalized spacial score (nSPS) is 10.0. The van der Waals surface area contributed by atoms with E-state index in [-0.39, 0.29) is 35.3 Å². The molecule has 1 heterocycles. The lowest BCUT2D eigenvalue weighted by Crippen LogP contribution is -2.17. The summed E-state index contributed by atoms with van der Waals surface area (Å²) in [6, 6.07) is 1.81. The molecule has 7 nitrogen and oxygen atoms in total. The van der Waals surface area contributed by atoms with Crippen LogP contribution < -0.4 is 5.32 Å².